The van der Waals surface area contributed by atoms with Crippen LogP contribution in [0.2, 0.25) is 0 Å². The first-order chi connectivity index (χ1) is 11.0. The molecule has 130 valence electrons. The van der Waals surface area contributed by atoms with Crippen molar-refractivity contribution >= 4 is 5.96 Å². The standard InChI is InChI=1S/C18H32N4O/c1-15(2)10-11-20-18(19-3)21-14-16-8-6-7-9-17(16)23-13-12-22(4)5/h6-9,15H,10-14H2,1-5H3,(H2,19,20,21). The molecule has 2 N–H and O–H groups in total. The molecule has 0 radical (unpaired) electrons. The van der Waals surface area contributed by atoms with E-state index >= 15 is 0 Å². The first-order valence-corrected chi connectivity index (χ1v) is 8.33. The third-order valence-electron chi connectivity index (χ3n) is 3.45. The van der Waals surface area contributed by atoms with Crippen LogP contribution >= 0.6 is 0 Å². The van der Waals surface area contributed by atoms with Gasteiger partial charge in [0.15, 0.2) is 5.96 Å². The van der Waals surface area contributed by atoms with E-state index in [0.29, 0.717) is 19.1 Å². The molecule has 5 nitrogen and oxygen atoms in total. The predicted molar refractivity (Wildman–Crippen MR) is 98.1 cm³/mol. The zero-order chi connectivity index (χ0) is 17.1. The topological polar surface area (TPSA) is 48.9 Å². The molecule has 0 heterocycles. The van der Waals surface area contributed by atoms with E-state index in [1.165, 1.54) is 0 Å². The average Bonchev–Trinajstić information content (AvgIpc) is 2.51. The number of hydrogen-bond acceptors (Lipinski definition) is 3. The number of nitrogens with zero attached hydrogens (tertiary/aromatic N) is 2. The zero-order valence-electron chi connectivity index (χ0n) is 15.2. The molecular formula is C18H32N4O. The van der Waals surface area contributed by atoms with Crippen LogP contribution in [0.5, 0.6) is 5.75 Å². The van der Waals surface area contributed by atoms with Gasteiger partial charge in [-0.15, -0.1) is 0 Å². The minimum Gasteiger partial charge on any atom is -0.492 e. The third kappa shape index (κ3) is 8.45. The van der Waals surface area contributed by atoms with Crippen molar-refractivity contribution in [2.75, 3.05) is 40.8 Å². The Hall–Kier alpha value is -1.75. The summed E-state index contributed by atoms with van der Waals surface area (Å²) in [7, 11) is 5.89. The molecule has 0 saturated carbocycles. The van der Waals surface area contributed by atoms with E-state index in [4.69, 9.17) is 4.74 Å². The molecular weight excluding hydrogens is 288 g/mol. The Balaban J connectivity index is 2.49. The van der Waals surface area contributed by atoms with Crippen LogP contribution in [0.1, 0.15) is 25.8 Å². The number of aliphatic imine (C=N–C) groups is 1. The summed E-state index contributed by atoms with van der Waals surface area (Å²) >= 11 is 0. The van der Waals surface area contributed by atoms with Crippen molar-refractivity contribution in [1.82, 2.24) is 15.5 Å². The number of likely N-dealkylation sites (N-methyl/N-ethyl adjacent to an activating group) is 1. The van der Waals surface area contributed by atoms with Crippen molar-refractivity contribution in [3.8, 4) is 5.75 Å². The molecule has 1 aromatic carbocycles. The average molecular weight is 320 g/mol. The maximum atomic E-state index is 5.88. The van der Waals surface area contributed by atoms with E-state index in [-0.39, 0.29) is 0 Å². The highest BCUT2D eigenvalue weighted by Crippen LogP contribution is 2.17. The second-order valence-corrected chi connectivity index (χ2v) is 6.29. The van der Waals surface area contributed by atoms with Crippen molar-refractivity contribution in [2.45, 2.75) is 26.8 Å². The van der Waals surface area contributed by atoms with E-state index in [1.807, 2.05) is 32.3 Å². The van der Waals surface area contributed by atoms with Crippen LogP contribution in [-0.2, 0) is 6.54 Å². The molecule has 0 amide bonds. The molecule has 0 saturated heterocycles. The number of para-hydroxylation sites is 1. The molecule has 23 heavy (non-hydrogen) atoms. The molecule has 0 aliphatic heterocycles. The van der Waals surface area contributed by atoms with Crippen LogP contribution in [0, 0.1) is 5.92 Å². The summed E-state index contributed by atoms with van der Waals surface area (Å²) in [5, 5.41) is 6.69. The highest BCUT2D eigenvalue weighted by Gasteiger charge is 2.05. The minimum atomic E-state index is 0.686. The predicted octanol–water partition coefficient (Wildman–Crippen LogP) is 2.34. The van der Waals surface area contributed by atoms with E-state index in [1.54, 1.807) is 7.05 Å². The largest absolute Gasteiger partial charge is 0.492 e. The lowest BCUT2D eigenvalue weighted by atomic mass is 10.1. The second kappa shape index (κ2) is 10.9. The van der Waals surface area contributed by atoms with Gasteiger partial charge in [-0.25, -0.2) is 0 Å². The SMILES string of the molecule is CN=C(NCCC(C)C)NCc1ccccc1OCCN(C)C. The molecule has 1 aromatic rings. The molecule has 1 rings (SSSR count). The van der Waals surface area contributed by atoms with Gasteiger partial charge in [0.2, 0.25) is 0 Å². The number of guanidine groups is 1. The summed E-state index contributed by atoms with van der Waals surface area (Å²) < 4.78 is 5.88. The Morgan fingerprint density at radius 2 is 1.96 bits per heavy atom. The van der Waals surface area contributed by atoms with Gasteiger partial charge in [0.25, 0.3) is 0 Å². The van der Waals surface area contributed by atoms with Gasteiger partial charge in [0.05, 0.1) is 0 Å². The molecule has 0 spiro atoms. The van der Waals surface area contributed by atoms with E-state index in [2.05, 4.69) is 40.4 Å². The Morgan fingerprint density at radius 3 is 2.61 bits per heavy atom. The van der Waals surface area contributed by atoms with Gasteiger partial charge >= 0.3 is 0 Å². The van der Waals surface area contributed by atoms with Gasteiger partial charge in [0, 0.05) is 32.2 Å². The Morgan fingerprint density at radius 1 is 1.22 bits per heavy atom. The molecule has 5 heteroatoms. The lowest BCUT2D eigenvalue weighted by molar-refractivity contribution is 0.259. The number of benzene rings is 1. The quantitative estimate of drug-likeness (QED) is 0.542. The highest BCUT2D eigenvalue weighted by atomic mass is 16.5. The normalized spacial score (nSPS) is 11.9. The first kappa shape index (κ1) is 19.3. The Labute approximate surface area is 141 Å². The van der Waals surface area contributed by atoms with E-state index < -0.39 is 0 Å². The smallest absolute Gasteiger partial charge is 0.191 e. The van der Waals surface area contributed by atoms with Crippen LogP contribution in [0.3, 0.4) is 0 Å². The molecule has 0 atom stereocenters. The lowest BCUT2D eigenvalue weighted by Crippen LogP contribution is -2.37. The van der Waals surface area contributed by atoms with Gasteiger partial charge in [-0.3, -0.25) is 4.99 Å². The third-order valence-corrected chi connectivity index (χ3v) is 3.45. The molecule has 0 fully saturated rings. The van der Waals surface area contributed by atoms with Gasteiger partial charge in [-0.2, -0.15) is 0 Å². The summed E-state index contributed by atoms with van der Waals surface area (Å²) in [5.74, 6) is 2.44. The summed E-state index contributed by atoms with van der Waals surface area (Å²) in [6.45, 7) is 7.65. The van der Waals surface area contributed by atoms with Crippen molar-refractivity contribution in [1.29, 1.82) is 0 Å². The number of nitrogens with one attached hydrogen (secondary N) is 2. The fourth-order valence-electron chi connectivity index (χ4n) is 2.01. The summed E-state index contributed by atoms with van der Waals surface area (Å²) in [6.07, 6.45) is 1.13. The zero-order valence-corrected chi connectivity index (χ0v) is 15.2. The van der Waals surface area contributed by atoms with Crippen LogP contribution < -0.4 is 15.4 Å². The molecule has 0 aromatic heterocycles. The Kier molecular flexibility index (Phi) is 9.14. The van der Waals surface area contributed by atoms with Gasteiger partial charge in [-0.05, 0) is 32.5 Å². The van der Waals surface area contributed by atoms with E-state index in [9.17, 15) is 0 Å². The minimum absolute atomic E-state index is 0.686. The Bertz CT molecular complexity index is 472. The number of rotatable bonds is 9. The van der Waals surface area contributed by atoms with Crippen LogP contribution in [0.4, 0.5) is 0 Å². The fourth-order valence-corrected chi connectivity index (χ4v) is 2.01. The molecule has 0 aliphatic carbocycles. The van der Waals surface area contributed by atoms with Crippen molar-refractivity contribution in [3.05, 3.63) is 29.8 Å². The lowest BCUT2D eigenvalue weighted by Gasteiger charge is -2.16. The maximum absolute atomic E-state index is 5.88. The van der Waals surface area contributed by atoms with Crippen LogP contribution in [0.15, 0.2) is 29.3 Å². The summed E-state index contributed by atoms with van der Waals surface area (Å²) in [4.78, 5) is 6.37. The van der Waals surface area contributed by atoms with Crippen LogP contribution in [0.25, 0.3) is 0 Å². The second-order valence-electron chi connectivity index (χ2n) is 6.29. The molecule has 0 unspecified atom stereocenters. The van der Waals surface area contributed by atoms with Crippen molar-refractivity contribution < 1.29 is 4.74 Å². The van der Waals surface area contributed by atoms with Crippen LogP contribution in [-0.4, -0.2) is 51.7 Å². The fraction of sp³-hybridized carbons (Fsp3) is 0.611. The summed E-state index contributed by atoms with van der Waals surface area (Å²) in [5.41, 5.74) is 1.14. The first-order valence-electron chi connectivity index (χ1n) is 8.33. The number of hydrogen-bond donors (Lipinski definition) is 2. The van der Waals surface area contributed by atoms with Gasteiger partial charge in [-0.1, -0.05) is 32.0 Å². The summed E-state index contributed by atoms with van der Waals surface area (Å²) in [6, 6.07) is 8.13. The monoisotopic (exact) mass is 320 g/mol. The van der Waals surface area contributed by atoms with Gasteiger partial charge < -0.3 is 20.3 Å². The van der Waals surface area contributed by atoms with Gasteiger partial charge in [0.1, 0.15) is 12.4 Å². The van der Waals surface area contributed by atoms with Crippen molar-refractivity contribution in [3.63, 3.8) is 0 Å². The van der Waals surface area contributed by atoms with Crippen molar-refractivity contribution in [2.24, 2.45) is 10.9 Å². The maximum Gasteiger partial charge on any atom is 0.191 e. The molecule has 0 aliphatic rings. The molecule has 0 bridgehead atoms. The highest BCUT2D eigenvalue weighted by molar-refractivity contribution is 5.79. The van der Waals surface area contributed by atoms with E-state index in [0.717, 1.165) is 36.8 Å². The number of ether oxygens (including phenoxy) is 1.